The van der Waals surface area contributed by atoms with Gasteiger partial charge in [-0.1, -0.05) is 24.6 Å². The predicted octanol–water partition coefficient (Wildman–Crippen LogP) is 4.10. The lowest BCUT2D eigenvalue weighted by atomic mass is 9.65. The molecule has 4 atom stereocenters. The van der Waals surface area contributed by atoms with Crippen LogP contribution >= 0.6 is 0 Å². The van der Waals surface area contributed by atoms with E-state index in [2.05, 4.69) is 40.3 Å². The van der Waals surface area contributed by atoms with E-state index in [1.807, 2.05) is 6.08 Å². The SMILES string of the molecule is C=CC1(C)CCC2C(C)=CCC(C)C2(C)O1. The molecule has 1 fully saturated rings. The standard InChI is InChI=1S/C15H24O/c1-6-14(4)10-9-13-11(2)7-8-12(3)15(13,5)16-14/h6-7,12-13H,1,8-10H2,2-5H3. The van der Waals surface area contributed by atoms with Gasteiger partial charge in [-0.3, -0.25) is 0 Å². The van der Waals surface area contributed by atoms with Gasteiger partial charge in [0.05, 0.1) is 11.2 Å². The summed E-state index contributed by atoms with van der Waals surface area (Å²) in [4.78, 5) is 0. The molecule has 0 aromatic carbocycles. The summed E-state index contributed by atoms with van der Waals surface area (Å²) in [5.74, 6) is 1.20. The van der Waals surface area contributed by atoms with Gasteiger partial charge in [0.25, 0.3) is 0 Å². The Morgan fingerprint density at radius 2 is 2.19 bits per heavy atom. The van der Waals surface area contributed by atoms with Crippen molar-refractivity contribution in [1.29, 1.82) is 0 Å². The van der Waals surface area contributed by atoms with Crippen LogP contribution in [-0.2, 0) is 4.74 Å². The van der Waals surface area contributed by atoms with Crippen LogP contribution in [0.4, 0.5) is 0 Å². The Bertz CT molecular complexity index is 330. The first-order chi connectivity index (χ1) is 7.41. The molecular weight excluding hydrogens is 196 g/mol. The maximum Gasteiger partial charge on any atom is 0.0839 e. The smallest absolute Gasteiger partial charge is 0.0839 e. The molecule has 90 valence electrons. The summed E-state index contributed by atoms with van der Waals surface area (Å²) in [6, 6.07) is 0. The van der Waals surface area contributed by atoms with Gasteiger partial charge in [0.2, 0.25) is 0 Å². The number of fused-ring (bicyclic) bond motifs is 1. The molecule has 0 amide bonds. The third-order valence-corrected chi connectivity index (χ3v) is 4.83. The third kappa shape index (κ3) is 1.66. The second-order valence-electron chi connectivity index (χ2n) is 5.98. The van der Waals surface area contributed by atoms with E-state index in [0.29, 0.717) is 11.8 Å². The molecule has 0 saturated carbocycles. The molecule has 0 N–H and O–H groups in total. The molecule has 1 heterocycles. The number of hydrogen-bond donors (Lipinski definition) is 0. The lowest BCUT2D eigenvalue weighted by Crippen LogP contribution is -2.55. The molecule has 1 aliphatic carbocycles. The summed E-state index contributed by atoms with van der Waals surface area (Å²) >= 11 is 0. The molecule has 0 bridgehead atoms. The molecule has 2 aliphatic rings. The van der Waals surface area contributed by atoms with E-state index < -0.39 is 0 Å². The summed E-state index contributed by atoms with van der Waals surface area (Å²) in [6.07, 6.45) is 7.85. The summed E-state index contributed by atoms with van der Waals surface area (Å²) in [7, 11) is 0. The van der Waals surface area contributed by atoms with Gasteiger partial charge in [-0.15, -0.1) is 6.58 Å². The van der Waals surface area contributed by atoms with E-state index in [1.54, 1.807) is 0 Å². The molecular formula is C15H24O. The summed E-state index contributed by atoms with van der Waals surface area (Å²) in [5, 5.41) is 0. The van der Waals surface area contributed by atoms with Crippen molar-refractivity contribution in [3.8, 4) is 0 Å². The summed E-state index contributed by atoms with van der Waals surface area (Å²) < 4.78 is 6.44. The van der Waals surface area contributed by atoms with Crippen LogP contribution in [0.2, 0.25) is 0 Å². The van der Waals surface area contributed by atoms with Crippen molar-refractivity contribution in [2.45, 2.75) is 58.2 Å². The zero-order chi connectivity index (χ0) is 12.0. The van der Waals surface area contributed by atoms with Gasteiger partial charge in [-0.25, -0.2) is 0 Å². The second-order valence-corrected chi connectivity index (χ2v) is 5.98. The van der Waals surface area contributed by atoms with Crippen LogP contribution in [0.15, 0.2) is 24.3 Å². The highest BCUT2D eigenvalue weighted by atomic mass is 16.5. The number of allylic oxidation sites excluding steroid dienone is 1. The van der Waals surface area contributed by atoms with Crippen molar-refractivity contribution >= 4 is 0 Å². The van der Waals surface area contributed by atoms with Crippen LogP contribution in [-0.4, -0.2) is 11.2 Å². The molecule has 0 aromatic rings. The molecule has 0 radical (unpaired) electrons. The fraction of sp³-hybridized carbons (Fsp3) is 0.733. The molecule has 4 unspecified atom stereocenters. The lowest BCUT2D eigenvalue weighted by Gasteiger charge is -2.54. The lowest BCUT2D eigenvalue weighted by molar-refractivity contribution is -0.199. The maximum absolute atomic E-state index is 6.44. The van der Waals surface area contributed by atoms with E-state index in [0.717, 1.165) is 12.8 Å². The van der Waals surface area contributed by atoms with E-state index >= 15 is 0 Å². The monoisotopic (exact) mass is 220 g/mol. The maximum atomic E-state index is 6.44. The van der Waals surface area contributed by atoms with E-state index in [1.165, 1.54) is 12.0 Å². The highest BCUT2D eigenvalue weighted by Gasteiger charge is 2.49. The van der Waals surface area contributed by atoms with Crippen LogP contribution in [0, 0.1) is 11.8 Å². The zero-order valence-corrected chi connectivity index (χ0v) is 11.0. The van der Waals surface area contributed by atoms with Crippen LogP contribution < -0.4 is 0 Å². The Labute approximate surface area is 99.6 Å². The van der Waals surface area contributed by atoms with Crippen molar-refractivity contribution in [3.63, 3.8) is 0 Å². The van der Waals surface area contributed by atoms with Crippen molar-refractivity contribution in [2.75, 3.05) is 0 Å². The quantitative estimate of drug-likeness (QED) is 0.604. The largest absolute Gasteiger partial charge is 0.364 e. The number of hydrogen-bond acceptors (Lipinski definition) is 1. The fourth-order valence-corrected chi connectivity index (χ4v) is 3.35. The molecule has 1 saturated heterocycles. The fourth-order valence-electron chi connectivity index (χ4n) is 3.35. The van der Waals surface area contributed by atoms with E-state index in [4.69, 9.17) is 4.74 Å². The van der Waals surface area contributed by atoms with Crippen molar-refractivity contribution in [1.82, 2.24) is 0 Å². The van der Waals surface area contributed by atoms with Gasteiger partial charge in [-0.05, 0) is 46.0 Å². The molecule has 2 rings (SSSR count). The first-order valence-corrected chi connectivity index (χ1v) is 6.42. The minimum Gasteiger partial charge on any atom is -0.364 e. The Hall–Kier alpha value is -0.560. The van der Waals surface area contributed by atoms with Crippen LogP contribution in [0.5, 0.6) is 0 Å². The predicted molar refractivity (Wildman–Crippen MR) is 68.4 cm³/mol. The van der Waals surface area contributed by atoms with E-state index in [-0.39, 0.29) is 11.2 Å². The van der Waals surface area contributed by atoms with Gasteiger partial charge in [-0.2, -0.15) is 0 Å². The number of ether oxygens (including phenoxy) is 1. The van der Waals surface area contributed by atoms with Crippen LogP contribution in [0.3, 0.4) is 0 Å². The van der Waals surface area contributed by atoms with Crippen molar-refractivity contribution < 1.29 is 4.74 Å². The molecule has 0 spiro atoms. The normalized spacial score (nSPS) is 48.1. The second kappa shape index (κ2) is 3.73. The highest BCUT2D eigenvalue weighted by Crippen LogP contribution is 2.50. The topological polar surface area (TPSA) is 9.23 Å². The average Bonchev–Trinajstić information content (AvgIpc) is 2.24. The van der Waals surface area contributed by atoms with Gasteiger partial charge >= 0.3 is 0 Å². The van der Waals surface area contributed by atoms with Gasteiger partial charge in [0.1, 0.15) is 0 Å². The van der Waals surface area contributed by atoms with Crippen molar-refractivity contribution in [3.05, 3.63) is 24.3 Å². The van der Waals surface area contributed by atoms with Crippen LogP contribution in [0.1, 0.15) is 47.0 Å². The van der Waals surface area contributed by atoms with Gasteiger partial charge in [0, 0.05) is 5.92 Å². The zero-order valence-electron chi connectivity index (χ0n) is 11.0. The van der Waals surface area contributed by atoms with E-state index in [9.17, 15) is 0 Å². The molecule has 1 aliphatic heterocycles. The minimum atomic E-state index is -0.128. The Balaban J connectivity index is 2.33. The first-order valence-electron chi connectivity index (χ1n) is 6.42. The van der Waals surface area contributed by atoms with Gasteiger partial charge in [0.15, 0.2) is 0 Å². The molecule has 1 heteroatoms. The Morgan fingerprint density at radius 3 is 2.81 bits per heavy atom. The Kier molecular flexibility index (Phi) is 2.78. The van der Waals surface area contributed by atoms with Crippen molar-refractivity contribution in [2.24, 2.45) is 11.8 Å². The van der Waals surface area contributed by atoms with Crippen LogP contribution in [0.25, 0.3) is 0 Å². The third-order valence-electron chi connectivity index (χ3n) is 4.83. The minimum absolute atomic E-state index is 0.0000231. The summed E-state index contributed by atoms with van der Waals surface area (Å²) in [5.41, 5.74) is 1.39. The summed E-state index contributed by atoms with van der Waals surface area (Å²) in [6.45, 7) is 13.0. The molecule has 1 nitrogen and oxygen atoms in total. The molecule has 16 heavy (non-hydrogen) atoms. The Morgan fingerprint density at radius 1 is 1.50 bits per heavy atom. The molecule has 0 aromatic heterocycles. The highest BCUT2D eigenvalue weighted by molar-refractivity contribution is 5.19. The number of rotatable bonds is 1. The van der Waals surface area contributed by atoms with Gasteiger partial charge < -0.3 is 4.74 Å². The average molecular weight is 220 g/mol. The first kappa shape index (κ1) is 11.9.